The normalized spacial score (nSPS) is 10.9. The second-order valence-corrected chi connectivity index (χ2v) is 8.21. The van der Waals surface area contributed by atoms with Gasteiger partial charge in [0, 0.05) is 25.2 Å². The molecule has 8 heteroatoms. The van der Waals surface area contributed by atoms with Gasteiger partial charge >= 0.3 is 0 Å². The molecule has 3 N–H and O–H groups in total. The third-order valence-electron chi connectivity index (χ3n) is 3.92. The third kappa shape index (κ3) is 8.71. The molecule has 0 saturated carbocycles. The number of anilines is 1. The van der Waals surface area contributed by atoms with Crippen molar-refractivity contribution in [2.75, 3.05) is 18.4 Å². The van der Waals surface area contributed by atoms with Crippen LogP contribution in [0.1, 0.15) is 17.5 Å². The quantitative estimate of drug-likeness (QED) is 0.488. The Kier molecular flexibility index (Phi) is 8.57. The predicted octanol–water partition coefficient (Wildman–Crippen LogP) is 1.98. The zero-order valence-corrected chi connectivity index (χ0v) is 16.9. The molecule has 2 rings (SSSR count). The van der Waals surface area contributed by atoms with Gasteiger partial charge in [0.2, 0.25) is 21.8 Å². The van der Waals surface area contributed by atoms with Crippen LogP contribution in [0.2, 0.25) is 0 Å². The second kappa shape index (κ2) is 11.1. The maximum atomic E-state index is 12.0. The fraction of sp³-hybridized carbons (Fsp3) is 0.238. The molecule has 29 heavy (non-hydrogen) atoms. The van der Waals surface area contributed by atoms with Crippen molar-refractivity contribution in [1.29, 1.82) is 0 Å². The molecule has 0 bridgehead atoms. The summed E-state index contributed by atoms with van der Waals surface area (Å²) in [4.78, 5) is 23.9. The molecule has 0 spiro atoms. The van der Waals surface area contributed by atoms with Crippen molar-refractivity contribution in [1.82, 2.24) is 10.0 Å². The predicted molar refractivity (Wildman–Crippen MR) is 114 cm³/mol. The third-order valence-corrected chi connectivity index (χ3v) is 5.24. The zero-order chi connectivity index (χ0) is 21.1. The smallest absolute Gasteiger partial charge is 0.226 e. The highest BCUT2D eigenvalue weighted by Gasteiger charge is 2.10. The SMILES string of the molecule is C=CCNS(=O)(=O)Cc1ccc(NC(=O)CCNC(=O)Cc2ccccc2)cc1. The number of sulfonamides is 1. The molecule has 0 aromatic heterocycles. The molecule has 0 aliphatic carbocycles. The summed E-state index contributed by atoms with van der Waals surface area (Å²) in [6.07, 6.45) is 1.89. The summed E-state index contributed by atoms with van der Waals surface area (Å²) < 4.78 is 26.1. The Balaban J connectivity index is 1.73. The van der Waals surface area contributed by atoms with E-state index in [4.69, 9.17) is 0 Å². The minimum Gasteiger partial charge on any atom is -0.355 e. The van der Waals surface area contributed by atoms with Gasteiger partial charge < -0.3 is 10.6 Å². The largest absolute Gasteiger partial charge is 0.355 e. The van der Waals surface area contributed by atoms with Gasteiger partial charge in [0.15, 0.2) is 0 Å². The first-order valence-corrected chi connectivity index (χ1v) is 10.8. The van der Waals surface area contributed by atoms with Crippen LogP contribution < -0.4 is 15.4 Å². The first-order chi connectivity index (χ1) is 13.9. The van der Waals surface area contributed by atoms with Crippen LogP contribution in [0.3, 0.4) is 0 Å². The molecule has 0 radical (unpaired) electrons. The summed E-state index contributed by atoms with van der Waals surface area (Å²) in [7, 11) is -3.42. The van der Waals surface area contributed by atoms with Gasteiger partial charge in [-0.15, -0.1) is 6.58 Å². The Bertz CT molecular complexity index is 926. The van der Waals surface area contributed by atoms with Crippen molar-refractivity contribution >= 4 is 27.5 Å². The van der Waals surface area contributed by atoms with Gasteiger partial charge in [-0.2, -0.15) is 0 Å². The standard InChI is InChI=1S/C21H25N3O4S/c1-2-13-23-29(27,28)16-18-8-10-19(11-9-18)24-20(25)12-14-22-21(26)15-17-6-4-3-5-7-17/h2-11,23H,1,12-16H2,(H,22,26)(H,24,25). The summed E-state index contributed by atoms with van der Waals surface area (Å²) in [6.45, 7) is 3.89. The fourth-order valence-electron chi connectivity index (χ4n) is 2.52. The van der Waals surface area contributed by atoms with Crippen LogP contribution in [-0.4, -0.2) is 33.3 Å². The number of hydrogen-bond donors (Lipinski definition) is 3. The van der Waals surface area contributed by atoms with E-state index in [2.05, 4.69) is 21.9 Å². The van der Waals surface area contributed by atoms with Crippen LogP contribution in [0.5, 0.6) is 0 Å². The number of benzene rings is 2. The van der Waals surface area contributed by atoms with Gasteiger partial charge in [-0.3, -0.25) is 9.59 Å². The van der Waals surface area contributed by atoms with Gasteiger partial charge in [0.05, 0.1) is 12.2 Å². The Morgan fingerprint density at radius 2 is 1.62 bits per heavy atom. The molecule has 7 nitrogen and oxygen atoms in total. The van der Waals surface area contributed by atoms with Crippen LogP contribution in [0.25, 0.3) is 0 Å². The molecule has 2 aromatic rings. The maximum Gasteiger partial charge on any atom is 0.226 e. The fourth-order valence-corrected chi connectivity index (χ4v) is 3.63. The number of carbonyl (C=O) groups excluding carboxylic acids is 2. The Morgan fingerprint density at radius 3 is 2.28 bits per heavy atom. The molecule has 2 aromatic carbocycles. The number of nitrogens with one attached hydrogen (secondary N) is 3. The first kappa shape index (κ1) is 22.3. The van der Waals surface area contributed by atoms with E-state index in [1.807, 2.05) is 30.3 Å². The van der Waals surface area contributed by atoms with E-state index in [1.54, 1.807) is 24.3 Å². The van der Waals surface area contributed by atoms with Crippen LogP contribution in [0, 0.1) is 0 Å². The van der Waals surface area contributed by atoms with Crippen molar-refractivity contribution in [3.63, 3.8) is 0 Å². The molecule has 0 aliphatic rings. The summed E-state index contributed by atoms with van der Waals surface area (Å²) in [5.74, 6) is -0.527. The number of carbonyl (C=O) groups is 2. The van der Waals surface area contributed by atoms with E-state index in [1.165, 1.54) is 6.08 Å². The second-order valence-electron chi connectivity index (χ2n) is 6.40. The molecule has 0 saturated heterocycles. The Morgan fingerprint density at radius 1 is 0.931 bits per heavy atom. The Labute approximate surface area is 171 Å². The highest BCUT2D eigenvalue weighted by molar-refractivity contribution is 7.88. The lowest BCUT2D eigenvalue weighted by Gasteiger charge is -2.08. The van der Waals surface area contributed by atoms with Crippen molar-refractivity contribution < 1.29 is 18.0 Å². The molecule has 0 fully saturated rings. The Hall–Kier alpha value is -2.97. The van der Waals surface area contributed by atoms with Crippen molar-refractivity contribution in [3.8, 4) is 0 Å². The topological polar surface area (TPSA) is 104 Å². The van der Waals surface area contributed by atoms with Crippen LogP contribution in [-0.2, 0) is 31.8 Å². The minimum atomic E-state index is -3.42. The molecular weight excluding hydrogens is 390 g/mol. The van der Waals surface area contributed by atoms with Gasteiger partial charge in [0.25, 0.3) is 0 Å². The van der Waals surface area contributed by atoms with Crippen LogP contribution in [0.15, 0.2) is 67.3 Å². The van der Waals surface area contributed by atoms with E-state index in [0.29, 0.717) is 11.3 Å². The van der Waals surface area contributed by atoms with E-state index in [9.17, 15) is 18.0 Å². The number of rotatable bonds is 11. The summed E-state index contributed by atoms with van der Waals surface area (Å²) in [6, 6.07) is 15.9. The van der Waals surface area contributed by atoms with E-state index >= 15 is 0 Å². The van der Waals surface area contributed by atoms with Crippen LogP contribution >= 0.6 is 0 Å². The van der Waals surface area contributed by atoms with E-state index in [-0.39, 0.29) is 43.5 Å². The zero-order valence-electron chi connectivity index (χ0n) is 16.1. The molecule has 2 amide bonds. The van der Waals surface area contributed by atoms with Crippen molar-refractivity contribution in [3.05, 3.63) is 78.4 Å². The van der Waals surface area contributed by atoms with Gasteiger partial charge in [-0.1, -0.05) is 48.5 Å². The number of hydrogen-bond acceptors (Lipinski definition) is 4. The molecular formula is C21H25N3O4S. The molecule has 0 aliphatic heterocycles. The van der Waals surface area contributed by atoms with Crippen molar-refractivity contribution in [2.24, 2.45) is 0 Å². The van der Waals surface area contributed by atoms with Gasteiger partial charge in [-0.05, 0) is 23.3 Å². The molecule has 0 unspecified atom stereocenters. The average Bonchev–Trinajstić information content (AvgIpc) is 2.68. The highest BCUT2D eigenvalue weighted by Crippen LogP contribution is 2.12. The van der Waals surface area contributed by atoms with Gasteiger partial charge in [0.1, 0.15) is 0 Å². The maximum absolute atomic E-state index is 12.0. The monoisotopic (exact) mass is 415 g/mol. The first-order valence-electron chi connectivity index (χ1n) is 9.15. The van der Waals surface area contributed by atoms with E-state index < -0.39 is 10.0 Å². The summed E-state index contributed by atoms with van der Waals surface area (Å²) >= 11 is 0. The molecule has 154 valence electrons. The number of amides is 2. The average molecular weight is 416 g/mol. The molecule has 0 heterocycles. The van der Waals surface area contributed by atoms with Gasteiger partial charge in [-0.25, -0.2) is 13.1 Å². The lowest BCUT2D eigenvalue weighted by Crippen LogP contribution is -2.28. The highest BCUT2D eigenvalue weighted by atomic mass is 32.2. The molecule has 0 atom stereocenters. The minimum absolute atomic E-state index is 0.139. The van der Waals surface area contributed by atoms with Crippen LogP contribution in [0.4, 0.5) is 5.69 Å². The van der Waals surface area contributed by atoms with E-state index in [0.717, 1.165) is 5.56 Å². The summed E-state index contributed by atoms with van der Waals surface area (Å²) in [5, 5.41) is 5.44. The summed E-state index contributed by atoms with van der Waals surface area (Å²) in [5.41, 5.74) is 2.08. The lowest BCUT2D eigenvalue weighted by molar-refractivity contribution is -0.120. The lowest BCUT2D eigenvalue weighted by atomic mass is 10.1. The van der Waals surface area contributed by atoms with Crippen molar-refractivity contribution in [2.45, 2.75) is 18.6 Å².